The first-order valence-corrected chi connectivity index (χ1v) is 8.81. The molecule has 0 atom stereocenters. The summed E-state index contributed by atoms with van der Waals surface area (Å²) in [6.45, 7) is 3.26. The lowest BCUT2D eigenvalue weighted by Gasteiger charge is -2.22. The van der Waals surface area contributed by atoms with E-state index in [1.807, 2.05) is 61.3 Å². The van der Waals surface area contributed by atoms with E-state index in [-0.39, 0.29) is 0 Å². The van der Waals surface area contributed by atoms with Crippen molar-refractivity contribution in [3.8, 4) is 11.5 Å². The van der Waals surface area contributed by atoms with Crippen LogP contribution in [0.4, 0.5) is 5.69 Å². The Morgan fingerprint density at radius 2 is 1.92 bits per heavy atom. The van der Waals surface area contributed by atoms with Crippen molar-refractivity contribution in [3.63, 3.8) is 0 Å². The molecule has 0 spiro atoms. The Balaban J connectivity index is 2.00. The number of hydrogen-bond donors (Lipinski definition) is 1. The molecule has 2 aromatic carbocycles. The second-order valence-corrected chi connectivity index (χ2v) is 6.50. The van der Waals surface area contributed by atoms with Gasteiger partial charge in [0.25, 0.3) is 0 Å². The summed E-state index contributed by atoms with van der Waals surface area (Å²) in [5.74, 6) is 1.69. The Bertz CT molecular complexity index is 692. The van der Waals surface area contributed by atoms with E-state index >= 15 is 0 Å². The highest BCUT2D eigenvalue weighted by Gasteiger charge is 2.10. The van der Waals surface area contributed by atoms with Crippen molar-refractivity contribution in [3.05, 3.63) is 52.5 Å². The number of rotatable bonds is 6. The summed E-state index contributed by atoms with van der Waals surface area (Å²) < 4.78 is 11.9. The van der Waals surface area contributed by atoms with E-state index in [4.69, 9.17) is 21.7 Å². The van der Waals surface area contributed by atoms with Crippen molar-refractivity contribution in [1.29, 1.82) is 0 Å². The van der Waals surface area contributed by atoms with Gasteiger partial charge in [0.15, 0.2) is 5.11 Å². The van der Waals surface area contributed by atoms with Crippen LogP contribution in [0, 0.1) is 0 Å². The van der Waals surface area contributed by atoms with Crippen LogP contribution in [0.5, 0.6) is 11.5 Å². The molecule has 0 bridgehead atoms. The number of thiocarbonyl (C=S) groups is 1. The van der Waals surface area contributed by atoms with Gasteiger partial charge in [0.2, 0.25) is 0 Å². The average Bonchev–Trinajstić information content (AvgIpc) is 2.57. The van der Waals surface area contributed by atoms with Crippen molar-refractivity contribution in [2.45, 2.75) is 13.5 Å². The standard InChI is InChI=1S/C18H21BrN2O2S/c1-4-23-16-8-6-15(7-9-16)20-18(24)21(2)12-13-11-14(19)5-10-17(13)22-3/h5-11H,4,12H2,1-3H3,(H,20,24). The molecule has 0 heterocycles. The fourth-order valence-corrected chi connectivity index (χ4v) is 2.81. The first-order chi connectivity index (χ1) is 11.5. The fourth-order valence-electron chi connectivity index (χ4n) is 2.22. The maximum absolute atomic E-state index is 5.49. The van der Waals surface area contributed by atoms with Gasteiger partial charge in [-0.15, -0.1) is 0 Å². The summed E-state index contributed by atoms with van der Waals surface area (Å²) >= 11 is 8.98. The fraction of sp³-hybridized carbons (Fsp3) is 0.278. The zero-order valence-electron chi connectivity index (χ0n) is 14.0. The lowest BCUT2D eigenvalue weighted by Crippen LogP contribution is -2.30. The molecule has 2 aromatic rings. The maximum Gasteiger partial charge on any atom is 0.173 e. The molecule has 128 valence electrons. The van der Waals surface area contributed by atoms with E-state index in [1.54, 1.807) is 7.11 Å². The number of methoxy groups -OCH3 is 1. The van der Waals surface area contributed by atoms with Gasteiger partial charge in [-0.25, -0.2) is 0 Å². The molecule has 0 unspecified atom stereocenters. The molecule has 0 aromatic heterocycles. The van der Waals surface area contributed by atoms with Crippen LogP contribution in [-0.2, 0) is 6.54 Å². The Morgan fingerprint density at radius 1 is 1.21 bits per heavy atom. The lowest BCUT2D eigenvalue weighted by molar-refractivity contribution is 0.340. The zero-order valence-corrected chi connectivity index (χ0v) is 16.4. The Morgan fingerprint density at radius 3 is 2.54 bits per heavy atom. The van der Waals surface area contributed by atoms with Gasteiger partial charge in [0.05, 0.1) is 13.7 Å². The highest BCUT2D eigenvalue weighted by molar-refractivity contribution is 9.10. The molecule has 0 aliphatic carbocycles. The van der Waals surface area contributed by atoms with Crippen LogP contribution in [0.3, 0.4) is 0 Å². The number of nitrogens with one attached hydrogen (secondary N) is 1. The first kappa shape index (κ1) is 18.5. The van der Waals surface area contributed by atoms with E-state index in [9.17, 15) is 0 Å². The summed E-state index contributed by atoms with van der Waals surface area (Å²) in [5, 5.41) is 3.87. The SMILES string of the molecule is CCOc1ccc(NC(=S)N(C)Cc2cc(Br)ccc2OC)cc1. The van der Waals surface area contributed by atoms with Crippen molar-refractivity contribution < 1.29 is 9.47 Å². The number of halogens is 1. The molecule has 0 aliphatic heterocycles. The van der Waals surface area contributed by atoms with Crippen LogP contribution < -0.4 is 14.8 Å². The quantitative estimate of drug-likeness (QED) is 0.701. The normalized spacial score (nSPS) is 10.2. The molecule has 0 aliphatic rings. The molecule has 0 fully saturated rings. The summed E-state index contributed by atoms with van der Waals surface area (Å²) in [5.41, 5.74) is 1.99. The Labute approximate surface area is 156 Å². The summed E-state index contributed by atoms with van der Waals surface area (Å²) in [6, 6.07) is 13.7. The highest BCUT2D eigenvalue weighted by Crippen LogP contribution is 2.24. The predicted octanol–water partition coefficient (Wildman–Crippen LogP) is 4.69. The molecule has 6 heteroatoms. The summed E-state index contributed by atoms with van der Waals surface area (Å²) in [7, 11) is 3.62. The molecule has 24 heavy (non-hydrogen) atoms. The number of benzene rings is 2. The largest absolute Gasteiger partial charge is 0.496 e. The monoisotopic (exact) mass is 408 g/mol. The van der Waals surface area contributed by atoms with E-state index < -0.39 is 0 Å². The van der Waals surface area contributed by atoms with E-state index in [1.165, 1.54) is 0 Å². The van der Waals surface area contributed by atoms with E-state index in [0.29, 0.717) is 18.3 Å². The molecule has 2 rings (SSSR count). The van der Waals surface area contributed by atoms with Crippen LogP contribution >= 0.6 is 28.1 Å². The second kappa shape index (κ2) is 8.89. The van der Waals surface area contributed by atoms with Gasteiger partial charge in [-0.3, -0.25) is 0 Å². The summed E-state index contributed by atoms with van der Waals surface area (Å²) in [4.78, 5) is 1.97. The average molecular weight is 409 g/mol. The highest BCUT2D eigenvalue weighted by atomic mass is 79.9. The second-order valence-electron chi connectivity index (χ2n) is 5.20. The van der Waals surface area contributed by atoms with Gasteiger partial charge in [0.1, 0.15) is 11.5 Å². The molecular weight excluding hydrogens is 388 g/mol. The maximum atomic E-state index is 5.49. The van der Waals surface area contributed by atoms with Gasteiger partial charge >= 0.3 is 0 Å². The van der Waals surface area contributed by atoms with Crippen LogP contribution in [0.15, 0.2) is 46.9 Å². The molecule has 0 amide bonds. The smallest absolute Gasteiger partial charge is 0.173 e. The molecular formula is C18H21BrN2O2S. The number of hydrogen-bond acceptors (Lipinski definition) is 3. The Hall–Kier alpha value is -1.79. The van der Waals surface area contributed by atoms with Crippen molar-refractivity contribution in [1.82, 2.24) is 4.90 Å². The molecule has 0 radical (unpaired) electrons. The number of nitrogens with zero attached hydrogens (tertiary/aromatic N) is 1. The predicted molar refractivity (Wildman–Crippen MR) is 106 cm³/mol. The third-order valence-electron chi connectivity index (χ3n) is 3.41. The third-order valence-corrected chi connectivity index (χ3v) is 4.32. The minimum atomic E-state index is 0.640. The molecule has 1 N–H and O–H groups in total. The molecule has 0 saturated carbocycles. The minimum Gasteiger partial charge on any atom is -0.496 e. The zero-order chi connectivity index (χ0) is 17.5. The van der Waals surface area contributed by atoms with Crippen LogP contribution in [-0.4, -0.2) is 30.8 Å². The van der Waals surface area contributed by atoms with Crippen molar-refractivity contribution >= 4 is 38.9 Å². The first-order valence-electron chi connectivity index (χ1n) is 7.61. The number of anilines is 1. The van der Waals surface area contributed by atoms with Crippen molar-refractivity contribution in [2.75, 3.05) is 26.1 Å². The third kappa shape index (κ3) is 5.11. The van der Waals surface area contributed by atoms with Crippen LogP contribution in [0.2, 0.25) is 0 Å². The summed E-state index contributed by atoms with van der Waals surface area (Å²) in [6.07, 6.45) is 0. The number of ether oxygens (including phenoxy) is 2. The van der Waals surface area contributed by atoms with Crippen LogP contribution in [0.25, 0.3) is 0 Å². The van der Waals surface area contributed by atoms with Gasteiger partial charge < -0.3 is 19.7 Å². The van der Waals surface area contributed by atoms with Crippen LogP contribution in [0.1, 0.15) is 12.5 Å². The Kier molecular flexibility index (Phi) is 6.87. The van der Waals surface area contributed by atoms with Gasteiger partial charge in [-0.05, 0) is 61.6 Å². The lowest BCUT2D eigenvalue weighted by atomic mass is 10.2. The van der Waals surface area contributed by atoms with Gasteiger partial charge in [-0.2, -0.15) is 0 Å². The molecule has 4 nitrogen and oxygen atoms in total. The van der Waals surface area contributed by atoms with E-state index in [2.05, 4.69) is 21.2 Å². The van der Waals surface area contributed by atoms with Crippen molar-refractivity contribution in [2.24, 2.45) is 0 Å². The van der Waals surface area contributed by atoms with Gasteiger partial charge in [-0.1, -0.05) is 15.9 Å². The minimum absolute atomic E-state index is 0.640. The van der Waals surface area contributed by atoms with Gasteiger partial charge in [0, 0.05) is 29.3 Å². The topological polar surface area (TPSA) is 33.7 Å². The van der Waals surface area contributed by atoms with E-state index in [0.717, 1.165) is 27.2 Å². The molecule has 0 saturated heterocycles.